The minimum Gasteiger partial charge on any atom is -0.462 e. The van der Waals surface area contributed by atoms with Crippen LogP contribution in [0, 0.1) is 11.8 Å². The summed E-state index contributed by atoms with van der Waals surface area (Å²) in [6.45, 7) is 2.00. The summed E-state index contributed by atoms with van der Waals surface area (Å²) in [4.78, 5) is 35.6. The maximum Gasteiger partial charge on any atom is 0.341 e. The third-order valence-electron chi connectivity index (χ3n) is 3.76. The summed E-state index contributed by atoms with van der Waals surface area (Å²) < 4.78 is 4.91. The summed E-state index contributed by atoms with van der Waals surface area (Å²) >= 11 is 0. The molecule has 2 aliphatic rings. The van der Waals surface area contributed by atoms with E-state index in [1.165, 1.54) is 0 Å². The molecule has 1 fully saturated rings. The highest BCUT2D eigenvalue weighted by Gasteiger charge is 2.36. The minimum atomic E-state index is -0.516. The van der Waals surface area contributed by atoms with Gasteiger partial charge in [0.25, 0.3) is 0 Å². The number of ether oxygens (including phenoxy) is 1. The molecule has 4 heteroatoms. The van der Waals surface area contributed by atoms with Crippen molar-refractivity contribution in [2.24, 2.45) is 11.8 Å². The van der Waals surface area contributed by atoms with E-state index in [1.807, 2.05) is 0 Å². The van der Waals surface area contributed by atoms with Crippen LogP contribution < -0.4 is 0 Å². The Morgan fingerprint density at radius 1 is 1.33 bits per heavy atom. The lowest BCUT2D eigenvalue weighted by atomic mass is 9.73. The highest BCUT2D eigenvalue weighted by Crippen LogP contribution is 2.34. The molecule has 0 N–H and O–H groups in total. The predicted octanol–water partition coefficient (Wildman–Crippen LogP) is 1.82. The molecule has 0 amide bonds. The van der Waals surface area contributed by atoms with E-state index in [0.717, 1.165) is 6.42 Å². The van der Waals surface area contributed by atoms with E-state index >= 15 is 0 Å². The molecule has 0 saturated heterocycles. The van der Waals surface area contributed by atoms with Gasteiger partial charge < -0.3 is 4.74 Å². The van der Waals surface area contributed by atoms with Crippen LogP contribution in [0.3, 0.4) is 0 Å². The molecule has 4 nitrogen and oxygen atoms in total. The van der Waals surface area contributed by atoms with Gasteiger partial charge in [-0.1, -0.05) is 6.08 Å². The van der Waals surface area contributed by atoms with E-state index in [2.05, 4.69) is 0 Å². The van der Waals surface area contributed by atoms with Gasteiger partial charge in [-0.2, -0.15) is 0 Å². The van der Waals surface area contributed by atoms with Crippen LogP contribution in [0.15, 0.2) is 11.6 Å². The normalized spacial score (nSPS) is 31.1. The van der Waals surface area contributed by atoms with E-state index in [-0.39, 0.29) is 35.6 Å². The van der Waals surface area contributed by atoms with E-state index in [9.17, 15) is 14.4 Å². The highest BCUT2D eigenvalue weighted by molar-refractivity contribution is 6.18. The molecule has 0 aromatic carbocycles. The molecule has 0 radical (unpaired) electrons. The highest BCUT2D eigenvalue weighted by atomic mass is 16.5. The van der Waals surface area contributed by atoms with Crippen LogP contribution in [0.5, 0.6) is 0 Å². The van der Waals surface area contributed by atoms with Gasteiger partial charge in [-0.05, 0) is 32.6 Å². The number of Topliss-reactive ketones (excluding diaryl/α,β-unsaturated/α-hetero) is 2. The SMILES string of the molecule is CCOC(=O)/C1=C/CCC2CC(CCC2=O)C1=O. The molecule has 0 aromatic heterocycles. The zero-order chi connectivity index (χ0) is 13.1. The third kappa shape index (κ3) is 2.52. The Morgan fingerprint density at radius 2 is 2.11 bits per heavy atom. The molecule has 0 heterocycles. The first kappa shape index (κ1) is 13.0. The largest absolute Gasteiger partial charge is 0.462 e. The molecule has 2 atom stereocenters. The molecule has 1 saturated carbocycles. The lowest BCUT2D eigenvalue weighted by Gasteiger charge is -2.29. The van der Waals surface area contributed by atoms with Crippen LogP contribution in [0.4, 0.5) is 0 Å². The Bertz CT molecular complexity index is 408. The Kier molecular flexibility index (Phi) is 3.94. The van der Waals surface area contributed by atoms with Crippen molar-refractivity contribution in [1.82, 2.24) is 0 Å². The van der Waals surface area contributed by atoms with Crippen LogP contribution >= 0.6 is 0 Å². The van der Waals surface area contributed by atoms with Gasteiger partial charge in [0.05, 0.1) is 12.2 Å². The van der Waals surface area contributed by atoms with Crippen LogP contribution in [0.1, 0.15) is 39.0 Å². The van der Waals surface area contributed by atoms with E-state index < -0.39 is 5.97 Å². The number of rotatable bonds is 2. The standard InChI is InChI=1S/C14H18O4/c1-2-18-14(17)11-5-3-4-9-8-10(13(11)16)6-7-12(9)15/h5,9-10H,2-4,6-8H2,1H3/b11-5+. The van der Waals surface area contributed by atoms with Gasteiger partial charge in [-0.15, -0.1) is 0 Å². The Hall–Kier alpha value is -1.45. The maximum absolute atomic E-state index is 12.3. The first-order chi connectivity index (χ1) is 8.63. The predicted molar refractivity (Wildman–Crippen MR) is 64.8 cm³/mol. The average molecular weight is 250 g/mol. The Morgan fingerprint density at radius 3 is 2.83 bits per heavy atom. The first-order valence-corrected chi connectivity index (χ1v) is 6.57. The second kappa shape index (κ2) is 5.46. The van der Waals surface area contributed by atoms with Crippen molar-refractivity contribution >= 4 is 17.5 Å². The summed E-state index contributed by atoms with van der Waals surface area (Å²) in [5.41, 5.74) is 0.189. The molecule has 2 rings (SSSR count). The van der Waals surface area contributed by atoms with Crippen molar-refractivity contribution in [3.05, 3.63) is 11.6 Å². The minimum absolute atomic E-state index is 0.00713. The molecule has 0 aromatic rings. The number of esters is 1. The van der Waals surface area contributed by atoms with Gasteiger partial charge in [0, 0.05) is 18.3 Å². The quantitative estimate of drug-likeness (QED) is 0.554. The van der Waals surface area contributed by atoms with Crippen molar-refractivity contribution < 1.29 is 19.1 Å². The summed E-state index contributed by atoms with van der Waals surface area (Å²) in [5.74, 6) is -0.549. The van der Waals surface area contributed by atoms with Crippen LogP contribution in [-0.4, -0.2) is 24.1 Å². The van der Waals surface area contributed by atoms with Crippen molar-refractivity contribution in [2.45, 2.75) is 39.0 Å². The number of fused-ring (bicyclic) bond motifs is 2. The smallest absolute Gasteiger partial charge is 0.341 e. The summed E-state index contributed by atoms with van der Waals surface area (Å²) in [6, 6.07) is 0. The zero-order valence-electron chi connectivity index (χ0n) is 10.6. The number of allylic oxidation sites excluding steroid dienone is 1. The monoisotopic (exact) mass is 250 g/mol. The number of ketones is 2. The molecule has 0 aliphatic heterocycles. The lowest BCUT2D eigenvalue weighted by molar-refractivity contribution is -0.140. The topological polar surface area (TPSA) is 60.4 Å². The fraction of sp³-hybridized carbons (Fsp3) is 0.643. The zero-order valence-corrected chi connectivity index (χ0v) is 10.6. The van der Waals surface area contributed by atoms with Crippen molar-refractivity contribution in [1.29, 1.82) is 0 Å². The number of hydrogen-bond acceptors (Lipinski definition) is 4. The third-order valence-corrected chi connectivity index (χ3v) is 3.76. The number of hydrogen-bond donors (Lipinski definition) is 0. The van der Waals surface area contributed by atoms with Gasteiger partial charge in [0.1, 0.15) is 5.78 Å². The lowest BCUT2D eigenvalue weighted by Crippen LogP contribution is -2.33. The maximum atomic E-state index is 12.3. The van der Waals surface area contributed by atoms with Gasteiger partial charge in [0.15, 0.2) is 5.78 Å². The molecule has 2 bridgehead atoms. The number of carbonyl (C=O) groups excluding carboxylic acids is 3. The second-order valence-corrected chi connectivity index (χ2v) is 4.91. The van der Waals surface area contributed by atoms with E-state index in [1.54, 1.807) is 13.0 Å². The fourth-order valence-electron chi connectivity index (χ4n) is 2.77. The van der Waals surface area contributed by atoms with Crippen LogP contribution in [-0.2, 0) is 19.1 Å². The average Bonchev–Trinajstić information content (AvgIpc) is 2.34. The van der Waals surface area contributed by atoms with Crippen LogP contribution in [0.2, 0.25) is 0 Å². The second-order valence-electron chi connectivity index (χ2n) is 4.91. The van der Waals surface area contributed by atoms with Gasteiger partial charge in [-0.3, -0.25) is 9.59 Å². The molecular weight excluding hydrogens is 232 g/mol. The van der Waals surface area contributed by atoms with Crippen molar-refractivity contribution in [3.63, 3.8) is 0 Å². The molecule has 0 spiro atoms. The molecule has 98 valence electrons. The Balaban J connectivity index is 2.20. The fourth-order valence-corrected chi connectivity index (χ4v) is 2.77. The molecule has 2 unspecified atom stereocenters. The molecule has 2 aliphatic carbocycles. The van der Waals surface area contributed by atoms with Crippen molar-refractivity contribution in [2.75, 3.05) is 6.61 Å². The summed E-state index contributed by atoms with van der Waals surface area (Å²) in [5, 5.41) is 0. The van der Waals surface area contributed by atoms with Gasteiger partial charge >= 0.3 is 5.97 Å². The van der Waals surface area contributed by atoms with Gasteiger partial charge in [0.2, 0.25) is 0 Å². The summed E-state index contributed by atoms with van der Waals surface area (Å²) in [7, 11) is 0. The van der Waals surface area contributed by atoms with Gasteiger partial charge in [-0.25, -0.2) is 4.79 Å². The Labute approximate surface area is 106 Å². The van der Waals surface area contributed by atoms with Crippen LogP contribution in [0.25, 0.3) is 0 Å². The van der Waals surface area contributed by atoms with Crippen molar-refractivity contribution in [3.8, 4) is 0 Å². The summed E-state index contributed by atoms with van der Waals surface area (Å²) in [6.07, 6.45) is 4.64. The van der Waals surface area contributed by atoms with E-state index in [0.29, 0.717) is 25.7 Å². The first-order valence-electron chi connectivity index (χ1n) is 6.57. The number of carbonyl (C=O) groups is 3. The molecular formula is C14H18O4. The molecule has 18 heavy (non-hydrogen) atoms. The van der Waals surface area contributed by atoms with E-state index in [4.69, 9.17) is 4.74 Å².